The smallest absolute Gasteiger partial charge is 0.326 e. The molecule has 0 amide bonds. The summed E-state index contributed by atoms with van der Waals surface area (Å²) in [6.45, 7) is 3.72. The summed E-state index contributed by atoms with van der Waals surface area (Å²) >= 11 is 0. The van der Waals surface area contributed by atoms with Gasteiger partial charge < -0.3 is 5.73 Å². The zero-order chi connectivity index (χ0) is 14.8. The highest BCUT2D eigenvalue weighted by molar-refractivity contribution is 5.29. The molecule has 2 unspecified atom stereocenters. The Labute approximate surface area is 117 Å². The number of hydrogen-bond acceptors (Lipinski definition) is 2. The Morgan fingerprint density at radius 2 is 2.05 bits per heavy atom. The molecule has 20 heavy (non-hydrogen) atoms. The van der Waals surface area contributed by atoms with Crippen LogP contribution in [0.5, 0.6) is 0 Å². The average Bonchev–Trinajstić information content (AvgIpc) is 2.59. The minimum Gasteiger partial charge on any atom is -0.326 e. The van der Waals surface area contributed by atoms with Crippen molar-refractivity contribution in [3.05, 3.63) is 35.4 Å². The van der Waals surface area contributed by atoms with Crippen molar-refractivity contribution >= 4 is 0 Å². The third-order valence-corrected chi connectivity index (χ3v) is 3.99. The molecule has 1 heterocycles. The zero-order valence-corrected chi connectivity index (χ0v) is 11.7. The van der Waals surface area contributed by atoms with E-state index in [0.717, 1.165) is 38.4 Å². The molecule has 0 saturated carbocycles. The number of halogens is 3. The maximum atomic E-state index is 12.8. The van der Waals surface area contributed by atoms with Crippen LogP contribution in [-0.2, 0) is 6.18 Å². The van der Waals surface area contributed by atoms with Gasteiger partial charge in [-0.1, -0.05) is 25.5 Å². The van der Waals surface area contributed by atoms with Crippen molar-refractivity contribution < 1.29 is 13.2 Å². The van der Waals surface area contributed by atoms with Crippen molar-refractivity contribution in [3.63, 3.8) is 0 Å². The fourth-order valence-electron chi connectivity index (χ4n) is 2.97. The molecule has 2 atom stereocenters. The van der Waals surface area contributed by atoms with Gasteiger partial charge in [0.15, 0.2) is 0 Å². The lowest BCUT2D eigenvalue weighted by molar-refractivity contribution is -0.137. The van der Waals surface area contributed by atoms with E-state index < -0.39 is 11.7 Å². The van der Waals surface area contributed by atoms with Crippen molar-refractivity contribution in [1.82, 2.24) is 4.90 Å². The lowest BCUT2D eigenvalue weighted by atomic mass is 9.95. The van der Waals surface area contributed by atoms with Crippen molar-refractivity contribution in [1.29, 1.82) is 0 Å². The molecule has 0 spiro atoms. The standard InChI is InChI=1S/C15H21F3N2/c1-2-20-9-4-3-8-13(19)14(20)11-6-5-7-12(10-11)15(16,17)18/h5-7,10,13-14H,2-4,8-9,19H2,1H3. The molecule has 2 rings (SSSR count). The molecule has 0 aromatic heterocycles. The molecular weight excluding hydrogens is 265 g/mol. The van der Waals surface area contributed by atoms with Crippen molar-refractivity contribution in [2.24, 2.45) is 5.73 Å². The monoisotopic (exact) mass is 286 g/mol. The summed E-state index contributed by atoms with van der Waals surface area (Å²) in [4.78, 5) is 2.19. The summed E-state index contributed by atoms with van der Waals surface area (Å²) in [6.07, 6.45) is -1.36. The summed E-state index contributed by atoms with van der Waals surface area (Å²) in [7, 11) is 0. The number of nitrogens with zero attached hydrogens (tertiary/aromatic N) is 1. The van der Waals surface area contributed by atoms with Crippen LogP contribution in [0.1, 0.15) is 43.4 Å². The van der Waals surface area contributed by atoms with Crippen LogP contribution < -0.4 is 5.73 Å². The number of alkyl halides is 3. The third kappa shape index (κ3) is 3.33. The summed E-state index contributed by atoms with van der Waals surface area (Å²) < 4.78 is 38.5. The quantitative estimate of drug-likeness (QED) is 0.900. The zero-order valence-electron chi connectivity index (χ0n) is 11.7. The lowest BCUT2D eigenvalue weighted by Gasteiger charge is -2.33. The first-order chi connectivity index (χ1) is 9.43. The summed E-state index contributed by atoms with van der Waals surface area (Å²) in [5.74, 6) is 0. The minimum atomic E-state index is -4.30. The normalized spacial score (nSPS) is 25.4. The van der Waals surface area contributed by atoms with Crippen LogP contribution >= 0.6 is 0 Å². The second-order valence-electron chi connectivity index (χ2n) is 5.36. The highest BCUT2D eigenvalue weighted by Crippen LogP contribution is 2.34. The van der Waals surface area contributed by atoms with Gasteiger partial charge in [0.25, 0.3) is 0 Å². The first-order valence-electron chi connectivity index (χ1n) is 7.10. The molecule has 0 aliphatic carbocycles. The Hall–Kier alpha value is -1.07. The number of rotatable bonds is 2. The molecule has 2 N–H and O–H groups in total. The maximum Gasteiger partial charge on any atom is 0.416 e. The second-order valence-corrected chi connectivity index (χ2v) is 5.36. The second kappa shape index (κ2) is 6.14. The highest BCUT2D eigenvalue weighted by Gasteiger charge is 2.33. The first-order valence-corrected chi connectivity index (χ1v) is 7.10. The fraction of sp³-hybridized carbons (Fsp3) is 0.600. The van der Waals surface area contributed by atoms with Crippen molar-refractivity contribution in [3.8, 4) is 0 Å². The highest BCUT2D eigenvalue weighted by atomic mass is 19.4. The van der Waals surface area contributed by atoms with E-state index >= 15 is 0 Å². The van der Waals surface area contributed by atoms with Gasteiger partial charge in [-0.3, -0.25) is 4.90 Å². The number of benzene rings is 1. The molecule has 1 aromatic rings. The van der Waals surface area contributed by atoms with Gasteiger partial charge in [0.1, 0.15) is 0 Å². The molecule has 112 valence electrons. The van der Waals surface area contributed by atoms with Crippen molar-refractivity contribution in [2.75, 3.05) is 13.1 Å². The Morgan fingerprint density at radius 1 is 1.30 bits per heavy atom. The Balaban J connectivity index is 2.36. The topological polar surface area (TPSA) is 29.3 Å². The Morgan fingerprint density at radius 3 is 2.70 bits per heavy atom. The van der Waals surface area contributed by atoms with Crippen LogP contribution in [0, 0.1) is 0 Å². The van der Waals surface area contributed by atoms with Crippen LogP contribution in [-0.4, -0.2) is 24.0 Å². The van der Waals surface area contributed by atoms with E-state index in [4.69, 9.17) is 5.73 Å². The van der Waals surface area contributed by atoms with Gasteiger partial charge in [-0.05, 0) is 43.6 Å². The van der Waals surface area contributed by atoms with E-state index in [1.165, 1.54) is 12.1 Å². The predicted molar refractivity (Wildman–Crippen MR) is 73.3 cm³/mol. The van der Waals surface area contributed by atoms with Gasteiger partial charge in [0.05, 0.1) is 5.56 Å². The van der Waals surface area contributed by atoms with E-state index in [9.17, 15) is 13.2 Å². The number of likely N-dealkylation sites (N-methyl/N-ethyl adjacent to an activating group) is 1. The van der Waals surface area contributed by atoms with Crippen LogP contribution in [0.3, 0.4) is 0 Å². The van der Waals surface area contributed by atoms with Gasteiger partial charge in [-0.25, -0.2) is 0 Å². The van der Waals surface area contributed by atoms with Crippen LogP contribution in [0.15, 0.2) is 24.3 Å². The molecule has 1 fully saturated rings. The number of likely N-dealkylation sites (tertiary alicyclic amines) is 1. The lowest BCUT2D eigenvalue weighted by Crippen LogP contribution is -2.39. The van der Waals surface area contributed by atoms with Gasteiger partial charge >= 0.3 is 6.18 Å². The van der Waals surface area contributed by atoms with Crippen LogP contribution in [0.25, 0.3) is 0 Å². The van der Waals surface area contributed by atoms with Crippen LogP contribution in [0.2, 0.25) is 0 Å². The predicted octanol–water partition coefficient (Wildman–Crippen LogP) is 3.58. The molecular formula is C15H21F3N2. The molecule has 1 saturated heterocycles. The first kappa shape index (κ1) is 15.3. The van der Waals surface area contributed by atoms with E-state index in [1.807, 2.05) is 6.92 Å². The van der Waals surface area contributed by atoms with Gasteiger partial charge in [-0.2, -0.15) is 13.2 Å². The SMILES string of the molecule is CCN1CCCCC(N)C1c1cccc(C(F)(F)F)c1. The largest absolute Gasteiger partial charge is 0.416 e. The van der Waals surface area contributed by atoms with Gasteiger partial charge in [0, 0.05) is 12.1 Å². The minimum absolute atomic E-state index is 0.110. The molecule has 0 bridgehead atoms. The molecule has 2 nitrogen and oxygen atoms in total. The summed E-state index contributed by atoms with van der Waals surface area (Å²) in [5.41, 5.74) is 6.30. The molecule has 1 aliphatic rings. The average molecular weight is 286 g/mol. The summed E-state index contributed by atoms with van der Waals surface area (Å²) in [5, 5.41) is 0. The molecule has 5 heteroatoms. The van der Waals surface area contributed by atoms with Crippen molar-refractivity contribution in [2.45, 2.75) is 44.4 Å². The molecule has 1 aromatic carbocycles. The van der Waals surface area contributed by atoms with E-state index in [1.54, 1.807) is 6.07 Å². The Kier molecular flexibility index (Phi) is 4.70. The van der Waals surface area contributed by atoms with Gasteiger partial charge in [-0.15, -0.1) is 0 Å². The maximum absolute atomic E-state index is 12.8. The Bertz CT molecular complexity index is 445. The van der Waals surface area contributed by atoms with E-state index in [-0.39, 0.29) is 12.1 Å². The van der Waals surface area contributed by atoms with Gasteiger partial charge in [0.2, 0.25) is 0 Å². The van der Waals surface area contributed by atoms with E-state index in [2.05, 4.69) is 4.90 Å². The molecule has 1 aliphatic heterocycles. The number of hydrogen-bond donors (Lipinski definition) is 1. The molecule has 0 radical (unpaired) electrons. The number of nitrogens with two attached hydrogens (primary N) is 1. The fourth-order valence-corrected chi connectivity index (χ4v) is 2.97. The summed E-state index contributed by atoms with van der Waals surface area (Å²) in [6, 6.07) is 5.36. The van der Waals surface area contributed by atoms with Crippen LogP contribution in [0.4, 0.5) is 13.2 Å². The van der Waals surface area contributed by atoms with E-state index in [0.29, 0.717) is 5.56 Å². The third-order valence-electron chi connectivity index (χ3n) is 3.99.